The summed E-state index contributed by atoms with van der Waals surface area (Å²) in [5, 5.41) is 0.734. The summed E-state index contributed by atoms with van der Waals surface area (Å²) in [6, 6.07) is 6.55. The molecule has 1 heterocycles. The molecule has 7 heteroatoms. The second-order valence-electron chi connectivity index (χ2n) is 5.62. The van der Waals surface area contributed by atoms with Gasteiger partial charge in [-0.05, 0) is 25.0 Å². The van der Waals surface area contributed by atoms with E-state index < -0.39 is 17.9 Å². The molecule has 1 atom stereocenters. The number of Topliss-reactive ketones (excluding diaryl/α,β-unsaturated/α-hetero) is 1. The molecule has 0 spiro atoms. The summed E-state index contributed by atoms with van der Waals surface area (Å²) in [7, 11) is 0. The zero-order valence-corrected chi connectivity index (χ0v) is 14.6. The molecular weight excluding hydrogens is 328 g/mol. The van der Waals surface area contributed by atoms with Crippen LogP contribution in [-0.4, -0.2) is 35.3 Å². The van der Waals surface area contributed by atoms with E-state index in [0.29, 0.717) is 24.0 Å². The topological polar surface area (TPSA) is 75.7 Å². The van der Waals surface area contributed by atoms with Crippen molar-refractivity contribution in [3.63, 3.8) is 0 Å². The number of carbonyl (C=O) groups is 3. The fourth-order valence-corrected chi connectivity index (χ4v) is 2.76. The van der Waals surface area contributed by atoms with Crippen molar-refractivity contribution in [2.24, 2.45) is 0 Å². The second kappa shape index (κ2) is 8.96. The molecular formula is C17H22N2O4S. The van der Waals surface area contributed by atoms with Gasteiger partial charge in [0.15, 0.2) is 5.78 Å². The minimum absolute atomic E-state index is 0.112. The summed E-state index contributed by atoms with van der Waals surface area (Å²) in [4.78, 5) is 42.3. The van der Waals surface area contributed by atoms with Crippen molar-refractivity contribution in [3.8, 4) is 0 Å². The van der Waals surface area contributed by atoms with Crippen LogP contribution < -0.4 is 4.72 Å². The Bertz CT molecular complexity index is 585. The number of benzene rings is 1. The molecule has 1 aromatic rings. The van der Waals surface area contributed by atoms with Crippen LogP contribution in [0.3, 0.4) is 0 Å². The van der Waals surface area contributed by atoms with E-state index in [2.05, 4.69) is 17.5 Å². The van der Waals surface area contributed by atoms with Crippen molar-refractivity contribution in [1.82, 2.24) is 9.79 Å². The minimum atomic E-state index is -0.777. The highest BCUT2D eigenvalue weighted by atomic mass is 32.1. The molecule has 1 unspecified atom stereocenters. The maximum Gasteiger partial charge on any atom is 0.285 e. The van der Waals surface area contributed by atoms with Crippen LogP contribution in [0.4, 0.5) is 0 Å². The molecule has 0 saturated carbocycles. The smallest absolute Gasteiger partial charge is 0.285 e. The summed E-state index contributed by atoms with van der Waals surface area (Å²) in [5.74, 6) is -1.13. The summed E-state index contributed by atoms with van der Waals surface area (Å²) >= 11 is 3.92. The maximum absolute atomic E-state index is 12.3. The van der Waals surface area contributed by atoms with Crippen LogP contribution in [0.25, 0.3) is 0 Å². The first-order valence-corrected chi connectivity index (χ1v) is 8.59. The number of nitrogens with zero attached hydrogens (tertiary/aromatic N) is 1. The second-order valence-corrected chi connectivity index (χ2v) is 5.94. The molecule has 2 rings (SSSR count). The highest BCUT2D eigenvalue weighted by molar-refractivity contribution is 7.78. The number of hydroxylamine groups is 2. The average Bonchev–Trinajstić information content (AvgIpc) is 2.85. The summed E-state index contributed by atoms with van der Waals surface area (Å²) in [6.07, 6.45) is 2.62. The van der Waals surface area contributed by atoms with Crippen molar-refractivity contribution in [3.05, 3.63) is 35.4 Å². The molecule has 130 valence electrons. The third kappa shape index (κ3) is 4.23. The number of thiol groups is 1. The van der Waals surface area contributed by atoms with E-state index in [4.69, 9.17) is 4.84 Å². The van der Waals surface area contributed by atoms with Gasteiger partial charge in [0.25, 0.3) is 11.8 Å². The molecule has 24 heavy (non-hydrogen) atoms. The van der Waals surface area contributed by atoms with Gasteiger partial charge in [-0.25, -0.2) is 0 Å². The maximum atomic E-state index is 12.3. The fourth-order valence-electron chi connectivity index (χ4n) is 2.60. The Balaban J connectivity index is 2.01. The number of hydrogen-bond donors (Lipinski definition) is 2. The Morgan fingerprint density at radius 3 is 2.33 bits per heavy atom. The number of nitrogens with one attached hydrogen (secondary N) is 1. The first-order valence-electron chi connectivity index (χ1n) is 8.14. The van der Waals surface area contributed by atoms with Crippen molar-refractivity contribution < 1.29 is 19.2 Å². The zero-order valence-electron chi connectivity index (χ0n) is 13.7. The average molecular weight is 350 g/mol. The van der Waals surface area contributed by atoms with Crippen LogP contribution in [0.2, 0.25) is 0 Å². The number of carbonyl (C=O) groups excluding carboxylic acids is 3. The Kier molecular flexibility index (Phi) is 6.96. The van der Waals surface area contributed by atoms with Gasteiger partial charge in [0.2, 0.25) is 0 Å². The molecule has 0 radical (unpaired) electrons. The molecule has 0 fully saturated rings. The first-order chi connectivity index (χ1) is 11.6. The number of unbranched alkanes of at least 4 members (excludes halogenated alkanes) is 2. The van der Waals surface area contributed by atoms with Crippen LogP contribution in [-0.2, 0) is 9.63 Å². The van der Waals surface area contributed by atoms with Crippen LogP contribution in [0.5, 0.6) is 0 Å². The summed E-state index contributed by atoms with van der Waals surface area (Å²) < 4.78 is 2.77. The van der Waals surface area contributed by atoms with Crippen molar-refractivity contribution in [2.75, 3.05) is 6.54 Å². The van der Waals surface area contributed by atoms with E-state index in [1.807, 2.05) is 0 Å². The predicted molar refractivity (Wildman–Crippen MR) is 92.6 cm³/mol. The van der Waals surface area contributed by atoms with Gasteiger partial charge < -0.3 is 0 Å². The number of hydrogen-bond acceptors (Lipinski definition) is 6. The van der Waals surface area contributed by atoms with Gasteiger partial charge in [0.05, 0.1) is 11.1 Å². The van der Waals surface area contributed by atoms with Gasteiger partial charge in [0, 0.05) is 13.0 Å². The Hall–Kier alpha value is -1.70. The lowest BCUT2D eigenvalue weighted by molar-refractivity contribution is -0.159. The van der Waals surface area contributed by atoms with Crippen LogP contribution in [0, 0.1) is 0 Å². The standard InChI is InChI=1S/C17H22N2O4S/c1-2-14(20)15(10-4-3-7-11-18-24)23-19-16(21)12-8-5-6-9-13(12)17(19)22/h5-6,8-9,15,18,24H,2-4,7,10-11H2,1H3. The van der Waals surface area contributed by atoms with Gasteiger partial charge >= 0.3 is 0 Å². The Morgan fingerprint density at radius 1 is 1.17 bits per heavy atom. The monoisotopic (exact) mass is 350 g/mol. The van der Waals surface area contributed by atoms with E-state index in [1.165, 1.54) is 0 Å². The minimum Gasteiger partial charge on any atom is -0.297 e. The van der Waals surface area contributed by atoms with Crippen molar-refractivity contribution in [1.29, 1.82) is 0 Å². The molecule has 2 amide bonds. The zero-order chi connectivity index (χ0) is 17.5. The van der Waals surface area contributed by atoms with Crippen LogP contribution >= 0.6 is 12.8 Å². The Labute approximate surface area is 147 Å². The number of imide groups is 1. The molecule has 1 aliphatic heterocycles. The van der Waals surface area contributed by atoms with Gasteiger partial charge in [-0.1, -0.05) is 44.7 Å². The van der Waals surface area contributed by atoms with Gasteiger partial charge in [-0.15, -0.1) is 5.06 Å². The van der Waals surface area contributed by atoms with E-state index in [1.54, 1.807) is 31.2 Å². The Morgan fingerprint density at radius 2 is 1.79 bits per heavy atom. The number of rotatable bonds is 10. The van der Waals surface area contributed by atoms with Crippen LogP contribution in [0.15, 0.2) is 24.3 Å². The van der Waals surface area contributed by atoms with Gasteiger partial charge in [0.1, 0.15) is 6.10 Å². The van der Waals surface area contributed by atoms with Crippen LogP contribution in [0.1, 0.15) is 59.7 Å². The highest BCUT2D eigenvalue weighted by Crippen LogP contribution is 2.24. The molecule has 0 saturated heterocycles. The predicted octanol–water partition coefficient (Wildman–Crippen LogP) is 2.56. The largest absolute Gasteiger partial charge is 0.297 e. The number of fused-ring (bicyclic) bond motifs is 1. The third-order valence-corrected chi connectivity index (χ3v) is 4.18. The first kappa shape index (κ1) is 18.6. The molecule has 0 aromatic heterocycles. The molecule has 6 nitrogen and oxygen atoms in total. The van der Waals surface area contributed by atoms with Gasteiger partial charge in [-0.3, -0.25) is 23.9 Å². The van der Waals surface area contributed by atoms with Crippen molar-refractivity contribution in [2.45, 2.75) is 45.1 Å². The lowest BCUT2D eigenvalue weighted by Crippen LogP contribution is -2.38. The van der Waals surface area contributed by atoms with E-state index in [9.17, 15) is 14.4 Å². The van der Waals surface area contributed by atoms with Gasteiger partial charge in [-0.2, -0.15) is 0 Å². The molecule has 0 aliphatic carbocycles. The normalized spacial score (nSPS) is 14.8. The quantitative estimate of drug-likeness (QED) is 0.385. The molecule has 1 aliphatic rings. The van der Waals surface area contributed by atoms with E-state index in [0.717, 1.165) is 30.9 Å². The summed E-state index contributed by atoms with van der Waals surface area (Å²) in [5.41, 5.74) is 0.620. The van der Waals surface area contributed by atoms with Crippen molar-refractivity contribution >= 4 is 30.4 Å². The third-order valence-electron chi connectivity index (χ3n) is 3.95. The number of ketones is 1. The summed E-state index contributed by atoms with van der Waals surface area (Å²) in [6.45, 7) is 2.53. The number of amides is 2. The lowest BCUT2D eigenvalue weighted by atomic mass is 10.1. The fraction of sp³-hybridized carbons (Fsp3) is 0.471. The SMILES string of the molecule is CCC(=O)C(CCCCCNS)ON1C(=O)c2ccccc2C1=O. The van der Waals surface area contributed by atoms with E-state index in [-0.39, 0.29) is 5.78 Å². The molecule has 1 aromatic carbocycles. The lowest BCUT2D eigenvalue weighted by Gasteiger charge is -2.21. The highest BCUT2D eigenvalue weighted by Gasteiger charge is 2.38. The molecule has 0 bridgehead atoms. The van der Waals surface area contributed by atoms with E-state index >= 15 is 0 Å². The molecule has 1 N–H and O–H groups in total.